The van der Waals surface area contributed by atoms with E-state index in [4.69, 9.17) is 23.4 Å². The lowest BCUT2D eigenvalue weighted by Gasteiger charge is -2.12. The first-order valence-corrected chi connectivity index (χ1v) is 3.46. The Balaban J connectivity index is 2.88. The minimum Gasteiger partial charge on any atom is -0.287 e. The van der Waals surface area contributed by atoms with Crippen molar-refractivity contribution in [2.75, 3.05) is 6.54 Å². The zero-order chi connectivity index (χ0) is 8.43. The summed E-state index contributed by atoms with van der Waals surface area (Å²) in [6.45, 7) is 0.177. The van der Waals surface area contributed by atoms with Crippen LogP contribution >= 0.6 is 23.4 Å². The van der Waals surface area contributed by atoms with E-state index in [-0.39, 0.29) is 17.3 Å². The van der Waals surface area contributed by atoms with E-state index >= 15 is 0 Å². The molecule has 60 valence electrons. The van der Waals surface area contributed by atoms with Crippen molar-refractivity contribution in [2.24, 2.45) is 0 Å². The number of allylic oxidation sites excluding steroid dienone is 1. The van der Waals surface area contributed by atoms with Gasteiger partial charge in [0.25, 0.3) is 5.70 Å². The summed E-state index contributed by atoms with van der Waals surface area (Å²) in [5.74, 6) is 0. The molecular weight excluding hydrogens is 191 g/mol. The summed E-state index contributed by atoms with van der Waals surface area (Å²) >= 11 is 11.0. The van der Waals surface area contributed by atoms with E-state index in [0.29, 0.717) is 0 Å². The molecule has 0 aromatic heterocycles. The molecule has 0 atom stereocenters. The van der Waals surface area contributed by atoms with E-state index in [1.54, 1.807) is 0 Å². The molecule has 0 radical (unpaired) electrons. The van der Waals surface area contributed by atoms with E-state index < -0.39 is 4.92 Å². The van der Waals surface area contributed by atoms with Gasteiger partial charge >= 0.3 is 0 Å². The van der Waals surface area contributed by atoms with E-state index in [2.05, 4.69) is 0 Å². The van der Waals surface area contributed by atoms with Crippen molar-refractivity contribution in [1.82, 2.24) is 4.42 Å². The number of rotatable bonds is 1. The molecule has 0 unspecified atom stereocenters. The predicted octanol–water partition coefficient (Wildman–Crippen LogP) is 1.70. The second-order valence-electron chi connectivity index (χ2n) is 1.92. The Morgan fingerprint density at radius 3 is 2.82 bits per heavy atom. The van der Waals surface area contributed by atoms with Gasteiger partial charge in [0.1, 0.15) is 5.03 Å². The summed E-state index contributed by atoms with van der Waals surface area (Å²) in [6, 6.07) is 0. The van der Waals surface area contributed by atoms with Crippen molar-refractivity contribution in [2.45, 2.75) is 0 Å². The van der Waals surface area contributed by atoms with Crippen molar-refractivity contribution in [1.29, 1.82) is 0 Å². The fourth-order valence-electron chi connectivity index (χ4n) is 0.668. The molecule has 0 bridgehead atoms. The van der Waals surface area contributed by atoms with Gasteiger partial charge in [-0.1, -0.05) is 11.6 Å². The molecule has 0 aromatic carbocycles. The van der Waals surface area contributed by atoms with Gasteiger partial charge in [-0.2, -0.15) is 0 Å². The lowest BCUT2D eigenvalue weighted by molar-refractivity contribution is -0.420. The number of hydrogen-bond acceptors (Lipinski definition) is 3. The highest BCUT2D eigenvalue weighted by atomic mass is 35.5. The minimum absolute atomic E-state index is 0.0939. The average molecular weight is 195 g/mol. The Bertz CT molecular complexity index is 249. The normalized spacial score (nSPS) is 17.5. The average Bonchev–Trinajstić information content (AvgIpc) is 1.85. The van der Waals surface area contributed by atoms with Crippen LogP contribution in [0.4, 0.5) is 0 Å². The van der Waals surface area contributed by atoms with Crippen molar-refractivity contribution < 1.29 is 4.92 Å². The maximum absolute atomic E-state index is 10.2. The lowest BCUT2D eigenvalue weighted by Crippen LogP contribution is -2.14. The van der Waals surface area contributed by atoms with Gasteiger partial charge in [-0.05, 0) is 0 Å². The molecule has 0 aliphatic carbocycles. The fourth-order valence-corrected chi connectivity index (χ4v) is 1.17. The zero-order valence-electron chi connectivity index (χ0n) is 5.33. The number of nitro groups is 1. The second kappa shape index (κ2) is 3.11. The maximum atomic E-state index is 10.2. The summed E-state index contributed by atoms with van der Waals surface area (Å²) in [4.78, 5) is 9.68. The van der Waals surface area contributed by atoms with Crippen LogP contribution in [0.25, 0.3) is 0 Å². The van der Waals surface area contributed by atoms with Crippen molar-refractivity contribution in [3.8, 4) is 0 Å². The van der Waals surface area contributed by atoms with Crippen LogP contribution in [0.5, 0.6) is 0 Å². The van der Waals surface area contributed by atoms with E-state index in [9.17, 15) is 10.1 Å². The monoisotopic (exact) mass is 194 g/mol. The molecule has 0 saturated heterocycles. The molecule has 11 heavy (non-hydrogen) atoms. The topological polar surface area (TPSA) is 46.4 Å². The Morgan fingerprint density at radius 2 is 2.36 bits per heavy atom. The third-order valence-corrected chi connectivity index (χ3v) is 1.70. The van der Waals surface area contributed by atoms with Crippen LogP contribution < -0.4 is 0 Å². The Kier molecular flexibility index (Phi) is 2.36. The van der Waals surface area contributed by atoms with Crippen LogP contribution in [0.1, 0.15) is 0 Å². The molecule has 0 amide bonds. The van der Waals surface area contributed by atoms with Gasteiger partial charge in [-0.25, -0.2) is 0 Å². The standard InChI is InChI=1S/C5H4Cl2N2O2/c6-4-3-8(7)2-1-5(4)9(10)11/h1-2H,3H2. The molecule has 1 aliphatic rings. The minimum atomic E-state index is -0.539. The molecule has 0 N–H and O–H groups in total. The lowest BCUT2D eigenvalue weighted by atomic mass is 10.3. The molecule has 1 aliphatic heterocycles. The third kappa shape index (κ3) is 1.85. The summed E-state index contributed by atoms with van der Waals surface area (Å²) in [5, 5.41) is 10.4. The van der Waals surface area contributed by atoms with Crippen LogP contribution in [0.15, 0.2) is 23.0 Å². The third-order valence-electron chi connectivity index (χ3n) is 1.16. The summed E-state index contributed by atoms with van der Waals surface area (Å²) in [6.07, 6.45) is 2.66. The van der Waals surface area contributed by atoms with Crippen LogP contribution in [-0.2, 0) is 0 Å². The quantitative estimate of drug-likeness (QED) is 0.363. The summed E-state index contributed by atoms with van der Waals surface area (Å²) in [7, 11) is 0. The molecule has 1 heterocycles. The van der Waals surface area contributed by atoms with Gasteiger partial charge in [-0.15, -0.1) is 0 Å². The van der Waals surface area contributed by atoms with Gasteiger partial charge in [0.05, 0.1) is 11.5 Å². The highest BCUT2D eigenvalue weighted by molar-refractivity contribution is 6.30. The first kappa shape index (κ1) is 8.36. The predicted molar refractivity (Wildman–Crippen MR) is 41.6 cm³/mol. The van der Waals surface area contributed by atoms with Crippen LogP contribution in [0.2, 0.25) is 0 Å². The number of nitrogens with zero attached hydrogens (tertiary/aromatic N) is 2. The summed E-state index contributed by atoms with van der Waals surface area (Å²) < 4.78 is 1.25. The van der Waals surface area contributed by atoms with Crippen LogP contribution in [0.3, 0.4) is 0 Å². The first-order valence-electron chi connectivity index (χ1n) is 2.75. The van der Waals surface area contributed by atoms with Crippen LogP contribution in [0, 0.1) is 10.1 Å². The van der Waals surface area contributed by atoms with Crippen LogP contribution in [-0.4, -0.2) is 15.9 Å². The second-order valence-corrected chi connectivity index (χ2v) is 2.81. The first-order chi connectivity index (χ1) is 5.11. The van der Waals surface area contributed by atoms with Gasteiger partial charge in [-0.3, -0.25) is 14.5 Å². The van der Waals surface area contributed by atoms with Crippen molar-refractivity contribution in [3.05, 3.63) is 33.1 Å². The fraction of sp³-hybridized carbons (Fsp3) is 0.200. The molecular formula is C5H4Cl2N2O2. The molecule has 1 rings (SSSR count). The van der Waals surface area contributed by atoms with Crippen molar-refractivity contribution >= 4 is 23.4 Å². The van der Waals surface area contributed by atoms with E-state index in [0.717, 1.165) is 0 Å². The molecule has 6 heteroatoms. The van der Waals surface area contributed by atoms with Gasteiger partial charge in [0.2, 0.25) is 0 Å². The number of halogens is 2. The smallest absolute Gasteiger partial charge is 0.287 e. The van der Waals surface area contributed by atoms with E-state index in [1.165, 1.54) is 16.7 Å². The highest BCUT2D eigenvalue weighted by Gasteiger charge is 2.19. The molecule has 0 fully saturated rings. The van der Waals surface area contributed by atoms with Crippen molar-refractivity contribution in [3.63, 3.8) is 0 Å². The van der Waals surface area contributed by atoms with E-state index in [1.807, 2.05) is 0 Å². The Hall–Kier alpha value is -0.740. The molecule has 4 nitrogen and oxygen atoms in total. The number of hydrogen-bond donors (Lipinski definition) is 0. The van der Waals surface area contributed by atoms with Gasteiger partial charge < -0.3 is 0 Å². The zero-order valence-corrected chi connectivity index (χ0v) is 6.84. The Labute approximate surface area is 72.9 Å². The molecule has 0 saturated carbocycles. The van der Waals surface area contributed by atoms with Gasteiger partial charge in [0.15, 0.2) is 0 Å². The summed E-state index contributed by atoms with van der Waals surface area (Å²) in [5.41, 5.74) is -0.0939. The Morgan fingerprint density at radius 1 is 1.73 bits per heavy atom. The van der Waals surface area contributed by atoms with Gasteiger partial charge in [0, 0.05) is 24.1 Å². The SMILES string of the molecule is O=[N+]([O-])C1=C(Cl)CN(Cl)C=C1. The maximum Gasteiger partial charge on any atom is 0.287 e. The highest BCUT2D eigenvalue weighted by Crippen LogP contribution is 2.19. The largest absolute Gasteiger partial charge is 0.287 e. The molecule has 0 spiro atoms. The molecule has 0 aromatic rings.